The van der Waals surface area contributed by atoms with Crippen LogP contribution < -0.4 is 25.5 Å². The molecule has 2 atom stereocenters. The van der Waals surface area contributed by atoms with E-state index >= 15 is 0 Å². The smallest absolute Gasteiger partial charge is 0.242 e. The van der Waals surface area contributed by atoms with Gasteiger partial charge in [0.2, 0.25) is 17.7 Å². The van der Waals surface area contributed by atoms with Crippen molar-refractivity contribution in [1.29, 1.82) is 0 Å². The number of aromatic nitrogens is 7. The molecule has 12 aromatic rings. The average Bonchev–Trinajstić information content (AvgIpc) is 4.15. The molecule has 0 radical (unpaired) electrons. The maximum absolute atomic E-state index is 7.05. The van der Waals surface area contributed by atoms with Crippen molar-refractivity contribution in [3.63, 3.8) is 0 Å². The Morgan fingerprint density at radius 3 is 1.76 bits per heavy atom. The largest absolute Gasteiger partial charge is 0.485 e. The number of imidazole rings is 2. The summed E-state index contributed by atoms with van der Waals surface area (Å²) < 4.78 is 13.5. The van der Waals surface area contributed by atoms with Gasteiger partial charge < -0.3 is 4.74 Å². The highest BCUT2D eigenvalue weighted by molar-refractivity contribution is 7.20. The molecule has 14 rings (SSSR count). The van der Waals surface area contributed by atoms with Crippen molar-refractivity contribution < 1.29 is 4.74 Å². The number of rotatable bonds is 7. The molecule has 4 aromatic heterocycles. The van der Waals surface area contributed by atoms with Gasteiger partial charge in [0.1, 0.15) is 11.9 Å². The van der Waals surface area contributed by atoms with Crippen molar-refractivity contribution in [2.24, 2.45) is 0 Å². The van der Waals surface area contributed by atoms with Crippen LogP contribution >= 0.6 is 0 Å². The zero-order valence-corrected chi connectivity index (χ0v) is 37.1. The fourth-order valence-corrected chi connectivity index (χ4v) is 15.9. The summed E-state index contributed by atoms with van der Waals surface area (Å²) in [6.07, 6.45) is 8.64. The highest BCUT2D eigenvalue weighted by Crippen LogP contribution is 2.41. The Hall–Kier alpha value is -8.66. The second kappa shape index (κ2) is 14.7. The van der Waals surface area contributed by atoms with Crippen molar-refractivity contribution in [3.8, 4) is 29.0 Å². The first kappa shape index (κ1) is 37.7. The lowest BCUT2D eigenvalue weighted by molar-refractivity contribution is 0.270. The number of ether oxygens (including phenoxy) is 1. The fraction of sp³-hybridized carbons (Fsp3) is 0.0345. The first-order chi connectivity index (χ1) is 33.2. The Morgan fingerprint density at radius 2 is 1.03 bits per heavy atom. The molecule has 2 aliphatic rings. The van der Waals surface area contributed by atoms with Crippen LogP contribution in [0.4, 0.5) is 0 Å². The Kier molecular flexibility index (Phi) is 8.26. The van der Waals surface area contributed by atoms with Crippen LogP contribution in [0.25, 0.3) is 72.9 Å². The third-order valence-corrected chi connectivity index (χ3v) is 18.6. The lowest BCUT2D eigenvalue weighted by Crippen LogP contribution is -2.75. The van der Waals surface area contributed by atoms with Crippen LogP contribution in [0.5, 0.6) is 5.75 Å². The summed E-state index contributed by atoms with van der Waals surface area (Å²) in [6, 6.07) is 71.3. The average molecular weight is 878 g/mol. The quantitative estimate of drug-likeness (QED) is 0.118. The van der Waals surface area contributed by atoms with Crippen LogP contribution in [0.3, 0.4) is 0 Å². The molecule has 0 saturated heterocycles. The molecule has 9 heteroatoms. The fourth-order valence-electron chi connectivity index (χ4n) is 11.0. The van der Waals surface area contributed by atoms with Crippen molar-refractivity contribution in [2.45, 2.75) is 12.0 Å². The first-order valence-electron chi connectivity index (χ1n) is 22.7. The molecule has 0 amide bonds. The molecule has 0 N–H and O–H groups in total. The van der Waals surface area contributed by atoms with Crippen LogP contribution in [0.1, 0.15) is 11.5 Å². The van der Waals surface area contributed by atoms with E-state index in [1.165, 1.54) is 26.3 Å². The van der Waals surface area contributed by atoms with Gasteiger partial charge in [-0.3, -0.25) is 8.97 Å². The second-order valence-electron chi connectivity index (χ2n) is 17.4. The lowest BCUT2D eigenvalue weighted by Gasteiger charge is -2.35. The first-order valence-corrected chi connectivity index (χ1v) is 24.7. The highest BCUT2D eigenvalue weighted by atomic mass is 28.3. The minimum absolute atomic E-state index is 0.0578. The standard InChI is InChI=1S/C58H39N7OSi/c1-3-20-39(21-4-1)67(40-22-5-2-6-23-40,53-36-18-28-45-44-27-9-16-35-52(44)66-54(45)53)41-24-17-19-38(37-41)55-60-56(63-47-30-11-7-25-42(47)43-26-8-12-31-48(43)63)62-57(61-55)65-51-34-15-14-33-50(51)64-49-32-13-10-29-46(49)59-58(64)65/h1-37,44,52H. The van der Waals surface area contributed by atoms with Crippen molar-refractivity contribution in [3.05, 3.63) is 230 Å². The summed E-state index contributed by atoms with van der Waals surface area (Å²) in [5.74, 6) is 3.39. The molecule has 0 bridgehead atoms. The Labute approximate surface area is 386 Å². The molecular weight excluding hydrogens is 839 g/mol. The summed E-state index contributed by atoms with van der Waals surface area (Å²) in [7, 11) is -3.15. The van der Waals surface area contributed by atoms with Gasteiger partial charge in [-0.25, -0.2) is 9.55 Å². The van der Waals surface area contributed by atoms with Crippen molar-refractivity contribution in [2.75, 3.05) is 0 Å². The maximum atomic E-state index is 7.05. The van der Waals surface area contributed by atoms with E-state index in [2.05, 4.69) is 232 Å². The van der Waals surface area contributed by atoms with Gasteiger partial charge in [-0.1, -0.05) is 182 Å². The number of allylic oxidation sites excluding steroid dienone is 2. The predicted octanol–water partition coefficient (Wildman–Crippen LogP) is 9.73. The van der Waals surface area contributed by atoms with Crippen LogP contribution in [-0.2, 0) is 0 Å². The molecule has 0 fully saturated rings. The van der Waals surface area contributed by atoms with Gasteiger partial charge in [-0.2, -0.15) is 15.0 Å². The van der Waals surface area contributed by atoms with E-state index in [1.807, 2.05) is 6.07 Å². The Bertz CT molecular complexity index is 3910. The number of para-hydroxylation sites is 7. The number of fused-ring (bicyclic) bond motifs is 11. The van der Waals surface area contributed by atoms with E-state index in [-0.39, 0.29) is 12.0 Å². The lowest BCUT2D eigenvalue weighted by atomic mass is 9.92. The minimum atomic E-state index is -3.15. The van der Waals surface area contributed by atoms with Gasteiger partial charge in [0.05, 0.1) is 33.1 Å². The predicted molar refractivity (Wildman–Crippen MR) is 272 cm³/mol. The SMILES string of the molecule is C1=CC2Oc3c(cccc3[Si](c3ccccc3)(c3ccccc3)c3cccc(-c4nc(-n5c6ccccc6c6ccccc65)nc(-n5c6ccccc6n6c7ccccc7nc56)n4)c3)C2C=C1. The van der Waals surface area contributed by atoms with E-state index in [0.29, 0.717) is 17.7 Å². The van der Waals surface area contributed by atoms with E-state index in [4.69, 9.17) is 24.7 Å². The van der Waals surface area contributed by atoms with E-state index in [9.17, 15) is 0 Å². The molecule has 8 nitrogen and oxygen atoms in total. The van der Waals surface area contributed by atoms with Gasteiger partial charge >= 0.3 is 0 Å². The van der Waals surface area contributed by atoms with Crippen molar-refractivity contribution >= 4 is 78.5 Å². The molecule has 67 heavy (non-hydrogen) atoms. The molecule has 0 spiro atoms. The normalized spacial score (nSPS) is 15.5. The molecule has 1 aliphatic carbocycles. The number of hydrogen-bond acceptors (Lipinski definition) is 5. The third-order valence-electron chi connectivity index (χ3n) is 13.8. The second-order valence-corrected chi connectivity index (χ2v) is 21.1. The van der Waals surface area contributed by atoms with E-state index < -0.39 is 8.07 Å². The molecule has 316 valence electrons. The van der Waals surface area contributed by atoms with Crippen LogP contribution in [-0.4, -0.2) is 47.6 Å². The van der Waals surface area contributed by atoms with Gasteiger partial charge in [0.25, 0.3) is 0 Å². The highest BCUT2D eigenvalue weighted by Gasteiger charge is 2.47. The summed E-state index contributed by atoms with van der Waals surface area (Å²) in [6.45, 7) is 0. The Balaban J connectivity index is 1.07. The monoisotopic (exact) mass is 877 g/mol. The summed E-state index contributed by atoms with van der Waals surface area (Å²) in [5.41, 5.74) is 7.99. The Morgan fingerprint density at radius 1 is 0.448 bits per heavy atom. The third kappa shape index (κ3) is 5.52. The molecular formula is C58H39N7OSi. The van der Waals surface area contributed by atoms with Crippen LogP contribution in [0, 0.1) is 0 Å². The zero-order chi connectivity index (χ0) is 44.1. The summed E-state index contributed by atoms with van der Waals surface area (Å²) >= 11 is 0. The van der Waals surface area contributed by atoms with Gasteiger partial charge in [-0.05, 0) is 63.2 Å². The topological polar surface area (TPSA) is 75.1 Å². The molecule has 8 aromatic carbocycles. The zero-order valence-electron chi connectivity index (χ0n) is 36.1. The summed E-state index contributed by atoms with van der Waals surface area (Å²) in [4.78, 5) is 21.6. The maximum Gasteiger partial charge on any atom is 0.242 e. The van der Waals surface area contributed by atoms with E-state index in [0.717, 1.165) is 61.0 Å². The van der Waals surface area contributed by atoms with E-state index in [1.54, 1.807) is 0 Å². The van der Waals surface area contributed by atoms with Crippen LogP contribution in [0.2, 0.25) is 0 Å². The molecule has 1 aliphatic heterocycles. The van der Waals surface area contributed by atoms with Gasteiger partial charge in [0, 0.05) is 27.8 Å². The summed E-state index contributed by atoms with van der Waals surface area (Å²) in [5, 5.41) is 7.17. The molecule has 0 saturated carbocycles. The molecule has 2 unspecified atom stereocenters. The van der Waals surface area contributed by atoms with Gasteiger partial charge in [-0.15, -0.1) is 0 Å². The van der Waals surface area contributed by atoms with Crippen LogP contribution in [0.15, 0.2) is 224 Å². The molecule has 5 heterocycles. The number of nitrogens with zero attached hydrogens (tertiary/aromatic N) is 7. The number of benzene rings is 8. The number of hydrogen-bond donors (Lipinski definition) is 0. The van der Waals surface area contributed by atoms with Gasteiger partial charge in [0.15, 0.2) is 13.9 Å². The van der Waals surface area contributed by atoms with Crippen molar-refractivity contribution in [1.82, 2.24) is 33.5 Å². The minimum Gasteiger partial charge on any atom is -0.485 e.